The smallest absolute Gasteiger partial charge is 0.262 e. The molecule has 0 unspecified atom stereocenters. The molecule has 1 amide bonds. The van der Waals surface area contributed by atoms with Gasteiger partial charge in [-0.25, -0.2) is 0 Å². The van der Waals surface area contributed by atoms with Crippen molar-refractivity contribution in [3.05, 3.63) is 94.3 Å². The van der Waals surface area contributed by atoms with Crippen molar-refractivity contribution in [1.82, 2.24) is 0 Å². The molecule has 0 aliphatic carbocycles. The molecule has 0 saturated heterocycles. The largest absolute Gasteiger partial charge is 0.484 e. The average Bonchev–Trinajstić information content (AvgIpc) is 2.74. The molecular formula is C25H21NO4. The second-order valence-electron chi connectivity index (χ2n) is 7.09. The van der Waals surface area contributed by atoms with Crippen LogP contribution in [0.3, 0.4) is 0 Å². The first-order valence-corrected chi connectivity index (χ1v) is 9.63. The number of anilines is 1. The van der Waals surface area contributed by atoms with E-state index in [2.05, 4.69) is 5.32 Å². The Kier molecular flexibility index (Phi) is 5.35. The highest BCUT2D eigenvalue weighted by atomic mass is 16.5. The van der Waals surface area contributed by atoms with E-state index in [1.165, 1.54) is 0 Å². The molecule has 1 N–H and O–H groups in total. The summed E-state index contributed by atoms with van der Waals surface area (Å²) in [4.78, 5) is 25.1. The van der Waals surface area contributed by atoms with Crippen LogP contribution < -0.4 is 15.5 Å². The third kappa shape index (κ3) is 4.10. The summed E-state index contributed by atoms with van der Waals surface area (Å²) in [5.41, 5.74) is 3.53. The van der Waals surface area contributed by atoms with E-state index < -0.39 is 0 Å². The van der Waals surface area contributed by atoms with Gasteiger partial charge in [0.25, 0.3) is 5.91 Å². The summed E-state index contributed by atoms with van der Waals surface area (Å²) in [5.74, 6) is 0.723. The first-order chi connectivity index (χ1) is 14.5. The van der Waals surface area contributed by atoms with E-state index in [1.54, 1.807) is 25.1 Å². The molecule has 0 aliphatic rings. The highest BCUT2D eigenvalue weighted by molar-refractivity contribution is 5.92. The Bertz CT molecular complexity index is 1260. The zero-order chi connectivity index (χ0) is 21.1. The van der Waals surface area contributed by atoms with Crippen LogP contribution in [0.5, 0.6) is 5.75 Å². The molecule has 3 aromatic carbocycles. The van der Waals surface area contributed by atoms with E-state index in [1.807, 2.05) is 61.5 Å². The number of benzene rings is 3. The maximum Gasteiger partial charge on any atom is 0.262 e. The number of amides is 1. The van der Waals surface area contributed by atoms with Crippen molar-refractivity contribution in [3.63, 3.8) is 0 Å². The maximum absolute atomic E-state index is 13.0. The van der Waals surface area contributed by atoms with Gasteiger partial charge in [0, 0.05) is 11.8 Å². The van der Waals surface area contributed by atoms with Crippen molar-refractivity contribution in [1.29, 1.82) is 0 Å². The zero-order valence-corrected chi connectivity index (χ0v) is 16.8. The first kappa shape index (κ1) is 19.5. The number of carbonyl (C=O) groups excluding carboxylic acids is 1. The number of hydrogen-bond acceptors (Lipinski definition) is 4. The highest BCUT2D eigenvalue weighted by Gasteiger charge is 2.14. The van der Waals surface area contributed by atoms with Crippen LogP contribution in [-0.2, 0) is 4.79 Å². The molecule has 0 atom stereocenters. The number of ether oxygens (including phenoxy) is 1. The van der Waals surface area contributed by atoms with Gasteiger partial charge in [0.2, 0.25) is 5.43 Å². The molecule has 0 saturated carbocycles. The predicted molar refractivity (Wildman–Crippen MR) is 118 cm³/mol. The maximum atomic E-state index is 13.0. The number of nitrogens with one attached hydrogen (secondary N) is 1. The van der Waals surface area contributed by atoms with Gasteiger partial charge in [0.15, 0.2) is 6.61 Å². The van der Waals surface area contributed by atoms with Crippen LogP contribution >= 0.6 is 0 Å². The van der Waals surface area contributed by atoms with Gasteiger partial charge >= 0.3 is 0 Å². The van der Waals surface area contributed by atoms with Crippen LogP contribution in [0.4, 0.5) is 5.69 Å². The van der Waals surface area contributed by atoms with E-state index >= 15 is 0 Å². The molecule has 0 bridgehead atoms. The molecule has 0 radical (unpaired) electrons. The van der Waals surface area contributed by atoms with Gasteiger partial charge in [-0.05, 0) is 43.7 Å². The molecule has 30 heavy (non-hydrogen) atoms. The molecule has 5 heteroatoms. The first-order valence-electron chi connectivity index (χ1n) is 9.63. The Hall–Kier alpha value is -3.86. The molecule has 0 spiro atoms. The van der Waals surface area contributed by atoms with Crippen LogP contribution in [-0.4, -0.2) is 12.5 Å². The molecule has 5 nitrogen and oxygen atoms in total. The van der Waals surface area contributed by atoms with Gasteiger partial charge in [-0.2, -0.15) is 0 Å². The number of fused-ring (bicyclic) bond motifs is 1. The quantitative estimate of drug-likeness (QED) is 0.507. The molecular weight excluding hydrogens is 378 g/mol. The summed E-state index contributed by atoms with van der Waals surface area (Å²) in [6.07, 6.45) is 0. The second kappa shape index (κ2) is 8.25. The van der Waals surface area contributed by atoms with Crippen molar-refractivity contribution >= 4 is 22.6 Å². The van der Waals surface area contributed by atoms with E-state index in [9.17, 15) is 9.59 Å². The number of rotatable bonds is 5. The molecule has 0 aliphatic heterocycles. The fraction of sp³-hybridized carbons (Fsp3) is 0.120. The molecule has 1 aromatic heterocycles. The third-order valence-corrected chi connectivity index (χ3v) is 4.81. The minimum absolute atomic E-state index is 0.0939. The van der Waals surface area contributed by atoms with Crippen molar-refractivity contribution in [2.24, 2.45) is 0 Å². The topological polar surface area (TPSA) is 68.5 Å². The summed E-state index contributed by atoms with van der Waals surface area (Å²) in [5, 5.41) is 3.25. The van der Waals surface area contributed by atoms with Gasteiger partial charge in [-0.1, -0.05) is 48.0 Å². The Morgan fingerprint density at radius 1 is 0.967 bits per heavy atom. The molecule has 4 rings (SSSR count). The average molecular weight is 399 g/mol. The lowest BCUT2D eigenvalue weighted by Gasteiger charge is -2.10. The summed E-state index contributed by atoms with van der Waals surface area (Å²) in [6.45, 7) is 3.60. The van der Waals surface area contributed by atoms with Crippen LogP contribution in [0, 0.1) is 13.8 Å². The van der Waals surface area contributed by atoms with Gasteiger partial charge < -0.3 is 14.5 Å². The Labute approximate surface area is 173 Å². The Morgan fingerprint density at radius 2 is 1.70 bits per heavy atom. The monoisotopic (exact) mass is 399 g/mol. The summed E-state index contributed by atoms with van der Waals surface area (Å²) >= 11 is 0. The predicted octanol–water partition coefficient (Wildman–Crippen LogP) is 5.09. The lowest BCUT2D eigenvalue weighted by atomic mass is 10.0. The van der Waals surface area contributed by atoms with E-state index in [4.69, 9.17) is 9.15 Å². The van der Waals surface area contributed by atoms with Gasteiger partial charge in [-0.15, -0.1) is 0 Å². The van der Waals surface area contributed by atoms with E-state index in [0.717, 1.165) is 11.1 Å². The summed E-state index contributed by atoms with van der Waals surface area (Å²) in [6, 6.07) is 21.9. The van der Waals surface area contributed by atoms with Crippen molar-refractivity contribution < 1.29 is 13.9 Å². The van der Waals surface area contributed by atoms with Crippen LogP contribution in [0.1, 0.15) is 11.3 Å². The summed E-state index contributed by atoms with van der Waals surface area (Å²) < 4.78 is 11.5. The number of hydrogen-bond donors (Lipinski definition) is 1. The van der Waals surface area contributed by atoms with Gasteiger partial charge in [0.05, 0.1) is 10.9 Å². The fourth-order valence-corrected chi connectivity index (χ4v) is 3.30. The van der Waals surface area contributed by atoms with Crippen molar-refractivity contribution in [2.45, 2.75) is 13.8 Å². The van der Waals surface area contributed by atoms with Crippen LogP contribution in [0.25, 0.3) is 22.1 Å². The fourth-order valence-electron chi connectivity index (χ4n) is 3.30. The minimum atomic E-state index is -0.268. The number of carbonyl (C=O) groups is 1. The normalized spacial score (nSPS) is 10.7. The third-order valence-electron chi connectivity index (χ3n) is 4.81. The minimum Gasteiger partial charge on any atom is -0.484 e. The van der Waals surface area contributed by atoms with Crippen molar-refractivity contribution in [3.8, 4) is 16.9 Å². The van der Waals surface area contributed by atoms with Crippen LogP contribution in [0.15, 0.2) is 82.0 Å². The van der Waals surface area contributed by atoms with Crippen LogP contribution in [0.2, 0.25) is 0 Å². The highest BCUT2D eigenvalue weighted by Crippen LogP contribution is 2.26. The Balaban J connectivity index is 1.53. The lowest BCUT2D eigenvalue weighted by molar-refractivity contribution is -0.118. The molecule has 1 heterocycles. The second-order valence-corrected chi connectivity index (χ2v) is 7.09. The SMILES string of the molecule is Cc1ccc(NC(=O)COc2ccc3c(=O)c(-c4ccccc4)c(C)oc3c2)cc1. The number of aryl methyl sites for hydroxylation is 2. The van der Waals surface area contributed by atoms with E-state index in [-0.39, 0.29) is 17.9 Å². The zero-order valence-electron chi connectivity index (χ0n) is 16.8. The lowest BCUT2D eigenvalue weighted by Crippen LogP contribution is -2.20. The standard InChI is InChI=1S/C25H21NO4/c1-16-8-10-19(11-9-16)26-23(27)15-29-20-12-13-21-22(14-20)30-17(2)24(25(21)28)18-6-4-3-5-7-18/h3-14H,15H2,1-2H3,(H,26,27). The Morgan fingerprint density at radius 3 is 2.43 bits per heavy atom. The molecule has 0 fully saturated rings. The summed E-state index contributed by atoms with van der Waals surface area (Å²) in [7, 11) is 0. The molecule has 4 aromatic rings. The van der Waals surface area contributed by atoms with E-state index in [0.29, 0.717) is 33.7 Å². The van der Waals surface area contributed by atoms with Gasteiger partial charge in [-0.3, -0.25) is 9.59 Å². The van der Waals surface area contributed by atoms with Gasteiger partial charge in [0.1, 0.15) is 17.1 Å². The van der Waals surface area contributed by atoms with Crippen molar-refractivity contribution in [2.75, 3.05) is 11.9 Å². The molecule has 150 valence electrons.